The van der Waals surface area contributed by atoms with Gasteiger partial charge in [0, 0.05) is 10.9 Å². The van der Waals surface area contributed by atoms with Gasteiger partial charge >= 0.3 is 0 Å². The van der Waals surface area contributed by atoms with Crippen molar-refractivity contribution in [1.29, 1.82) is 0 Å². The summed E-state index contributed by atoms with van der Waals surface area (Å²) in [5.41, 5.74) is 0.763. The molecule has 1 atom stereocenters. The number of benzene rings is 2. The summed E-state index contributed by atoms with van der Waals surface area (Å²) in [5.74, 6) is 0.308. The smallest absolute Gasteiger partial charge is 0.250 e. The second-order valence-corrected chi connectivity index (χ2v) is 5.30. The average molecular weight is 270 g/mol. The van der Waals surface area contributed by atoms with Crippen LogP contribution in [0.25, 0.3) is 10.8 Å². The largest absolute Gasteiger partial charge is 0.309 e. The van der Waals surface area contributed by atoms with Crippen molar-refractivity contribution in [2.24, 2.45) is 10.9 Å². The van der Waals surface area contributed by atoms with Crippen molar-refractivity contribution < 1.29 is 9.18 Å². The summed E-state index contributed by atoms with van der Waals surface area (Å²) in [6.45, 7) is 3.92. The first-order chi connectivity index (χ1) is 9.58. The molecule has 102 valence electrons. The normalized spacial score (nSPS) is 18.5. The molecule has 2 aromatic rings. The van der Waals surface area contributed by atoms with Crippen molar-refractivity contribution in [2.75, 3.05) is 0 Å². The molecule has 3 nitrogen and oxygen atoms in total. The number of carbonyl (C=O) groups excluding carboxylic acids is 1. The lowest BCUT2D eigenvalue weighted by molar-refractivity contribution is -0.120. The third-order valence-corrected chi connectivity index (χ3v) is 3.54. The van der Waals surface area contributed by atoms with Gasteiger partial charge in [0.05, 0.1) is 0 Å². The van der Waals surface area contributed by atoms with Crippen LogP contribution in [0.2, 0.25) is 0 Å². The fourth-order valence-corrected chi connectivity index (χ4v) is 2.48. The zero-order chi connectivity index (χ0) is 14.3. The van der Waals surface area contributed by atoms with Gasteiger partial charge < -0.3 is 5.32 Å². The van der Waals surface area contributed by atoms with E-state index in [4.69, 9.17) is 0 Å². The number of rotatable bonds is 2. The molecule has 1 unspecified atom stereocenters. The maximum atomic E-state index is 13.8. The minimum Gasteiger partial charge on any atom is -0.309 e. The molecule has 2 aromatic carbocycles. The van der Waals surface area contributed by atoms with Crippen LogP contribution in [0.3, 0.4) is 0 Å². The molecule has 0 bridgehead atoms. The van der Waals surface area contributed by atoms with Crippen molar-refractivity contribution in [3.8, 4) is 0 Å². The van der Waals surface area contributed by atoms with Crippen LogP contribution in [0.4, 0.5) is 4.39 Å². The summed E-state index contributed by atoms with van der Waals surface area (Å²) in [7, 11) is 0. The number of amidine groups is 1. The molecule has 1 heterocycles. The Balaban J connectivity index is 2.15. The Morgan fingerprint density at radius 1 is 1.15 bits per heavy atom. The lowest BCUT2D eigenvalue weighted by Gasteiger charge is -2.07. The number of hydrogen-bond donors (Lipinski definition) is 1. The summed E-state index contributed by atoms with van der Waals surface area (Å²) >= 11 is 0. The summed E-state index contributed by atoms with van der Waals surface area (Å²) in [4.78, 5) is 16.4. The van der Waals surface area contributed by atoms with Crippen molar-refractivity contribution in [3.05, 3.63) is 47.8 Å². The first kappa shape index (κ1) is 12.8. The molecule has 1 N–H and O–H groups in total. The Labute approximate surface area is 116 Å². The fourth-order valence-electron chi connectivity index (χ4n) is 2.48. The van der Waals surface area contributed by atoms with Gasteiger partial charge in [-0.1, -0.05) is 38.1 Å². The Morgan fingerprint density at radius 3 is 2.50 bits per heavy atom. The van der Waals surface area contributed by atoms with E-state index in [-0.39, 0.29) is 23.7 Å². The first-order valence-electron chi connectivity index (χ1n) is 6.64. The van der Waals surface area contributed by atoms with Crippen LogP contribution >= 0.6 is 0 Å². The van der Waals surface area contributed by atoms with Gasteiger partial charge in [0.25, 0.3) is 5.91 Å². The second kappa shape index (κ2) is 4.71. The summed E-state index contributed by atoms with van der Waals surface area (Å²) < 4.78 is 13.8. The maximum Gasteiger partial charge on any atom is 0.250 e. The molecule has 0 saturated heterocycles. The van der Waals surface area contributed by atoms with E-state index in [1.165, 1.54) is 6.07 Å². The van der Waals surface area contributed by atoms with Crippen LogP contribution in [0, 0.1) is 11.7 Å². The third kappa shape index (κ3) is 1.97. The van der Waals surface area contributed by atoms with Gasteiger partial charge in [-0.2, -0.15) is 0 Å². The van der Waals surface area contributed by atoms with Crippen molar-refractivity contribution in [3.63, 3.8) is 0 Å². The molecule has 0 aliphatic carbocycles. The topological polar surface area (TPSA) is 41.5 Å². The Morgan fingerprint density at radius 2 is 1.85 bits per heavy atom. The highest BCUT2D eigenvalue weighted by molar-refractivity contribution is 6.18. The van der Waals surface area contributed by atoms with Gasteiger partial charge in [-0.3, -0.25) is 9.79 Å². The highest BCUT2D eigenvalue weighted by atomic mass is 19.1. The minimum atomic E-state index is -0.367. The number of hydrogen-bond acceptors (Lipinski definition) is 2. The number of nitrogens with zero attached hydrogens (tertiary/aromatic N) is 1. The van der Waals surface area contributed by atoms with E-state index in [1.54, 1.807) is 18.2 Å². The molecular formula is C16H15FN2O. The van der Waals surface area contributed by atoms with E-state index < -0.39 is 0 Å². The number of amides is 1. The Hall–Kier alpha value is -2.23. The van der Waals surface area contributed by atoms with Crippen molar-refractivity contribution >= 4 is 22.5 Å². The molecule has 0 saturated carbocycles. The highest BCUT2D eigenvalue weighted by Crippen LogP contribution is 2.24. The van der Waals surface area contributed by atoms with E-state index in [0.717, 1.165) is 10.9 Å². The van der Waals surface area contributed by atoms with Crippen LogP contribution in [-0.2, 0) is 4.79 Å². The van der Waals surface area contributed by atoms with E-state index in [1.807, 2.05) is 26.0 Å². The summed E-state index contributed by atoms with van der Waals surface area (Å²) in [6.07, 6.45) is 0. The lowest BCUT2D eigenvalue weighted by Crippen LogP contribution is -2.31. The van der Waals surface area contributed by atoms with Gasteiger partial charge in [-0.25, -0.2) is 4.39 Å². The molecule has 3 rings (SSSR count). The van der Waals surface area contributed by atoms with Crippen LogP contribution in [0.15, 0.2) is 41.4 Å². The average Bonchev–Trinajstić information content (AvgIpc) is 2.81. The van der Waals surface area contributed by atoms with Gasteiger partial charge in [-0.05, 0) is 23.4 Å². The van der Waals surface area contributed by atoms with Crippen molar-refractivity contribution in [2.45, 2.75) is 19.9 Å². The molecule has 0 fully saturated rings. The summed E-state index contributed by atoms with van der Waals surface area (Å²) in [6, 6.07) is 9.92. The zero-order valence-corrected chi connectivity index (χ0v) is 11.4. The SMILES string of the molecule is CC(C)C1N=C(c2ccc(F)c3ccccc23)NC1=O. The van der Waals surface area contributed by atoms with Gasteiger partial charge in [0.2, 0.25) is 0 Å². The summed E-state index contributed by atoms with van der Waals surface area (Å²) in [5, 5.41) is 4.10. The second-order valence-electron chi connectivity index (χ2n) is 5.30. The monoisotopic (exact) mass is 270 g/mol. The maximum absolute atomic E-state index is 13.8. The quantitative estimate of drug-likeness (QED) is 0.895. The minimum absolute atomic E-state index is 0.0941. The van der Waals surface area contributed by atoms with E-state index in [0.29, 0.717) is 11.2 Å². The van der Waals surface area contributed by atoms with Gasteiger partial charge in [-0.15, -0.1) is 0 Å². The predicted molar refractivity (Wildman–Crippen MR) is 77.2 cm³/mol. The molecule has 4 heteroatoms. The van der Waals surface area contributed by atoms with Gasteiger partial charge in [0.1, 0.15) is 17.7 Å². The van der Waals surface area contributed by atoms with Crippen LogP contribution in [-0.4, -0.2) is 17.8 Å². The Bertz CT molecular complexity index is 721. The molecule has 20 heavy (non-hydrogen) atoms. The van der Waals surface area contributed by atoms with Crippen LogP contribution < -0.4 is 5.32 Å². The van der Waals surface area contributed by atoms with Crippen molar-refractivity contribution in [1.82, 2.24) is 5.32 Å². The van der Waals surface area contributed by atoms with Gasteiger partial charge in [0.15, 0.2) is 0 Å². The molecule has 0 radical (unpaired) electrons. The number of nitrogens with one attached hydrogen (secondary N) is 1. The lowest BCUT2D eigenvalue weighted by atomic mass is 10.0. The molecule has 0 aromatic heterocycles. The molecule has 0 spiro atoms. The number of carbonyl (C=O) groups is 1. The first-order valence-corrected chi connectivity index (χ1v) is 6.64. The standard InChI is InChI=1S/C16H15FN2O/c1-9(2)14-16(20)19-15(18-14)12-7-8-13(17)11-6-4-3-5-10(11)12/h3-9,14H,1-2H3,(H,18,19,20). The third-order valence-electron chi connectivity index (χ3n) is 3.54. The molecule has 1 aliphatic heterocycles. The zero-order valence-electron chi connectivity index (χ0n) is 11.4. The highest BCUT2D eigenvalue weighted by Gasteiger charge is 2.30. The Kier molecular flexibility index (Phi) is 3.01. The van der Waals surface area contributed by atoms with Crippen LogP contribution in [0.1, 0.15) is 19.4 Å². The predicted octanol–water partition coefficient (Wildman–Crippen LogP) is 2.88. The van der Waals surface area contributed by atoms with Crippen LogP contribution in [0.5, 0.6) is 0 Å². The number of fused-ring (bicyclic) bond motifs is 1. The number of halogens is 1. The van der Waals surface area contributed by atoms with E-state index in [2.05, 4.69) is 10.3 Å². The molecule has 1 aliphatic rings. The van der Waals surface area contributed by atoms with E-state index in [9.17, 15) is 9.18 Å². The fraction of sp³-hybridized carbons (Fsp3) is 0.250. The van der Waals surface area contributed by atoms with E-state index >= 15 is 0 Å². The molecule has 1 amide bonds. The molecular weight excluding hydrogens is 255 g/mol. The number of aliphatic imine (C=N–C) groups is 1.